The molecular formula is C15H11ClN2O. The molecule has 0 spiro atoms. The number of amides is 1. The lowest BCUT2D eigenvalue weighted by molar-refractivity contribution is -0.115. The lowest BCUT2D eigenvalue weighted by Crippen LogP contribution is -2.21. The van der Waals surface area contributed by atoms with E-state index in [9.17, 15) is 4.79 Å². The Morgan fingerprint density at radius 1 is 1.16 bits per heavy atom. The Morgan fingerprint density at radius 3 is 2.63 bits per heavy atom. The summed E-state index contributed by atoms with van der Waals surface area (Å²) >= 11 is 5.98. The molecule has 0 saturated heterocycles. The van der Waals surface area contributed by atoms with Crippen molar-refractivity contribution in [3.8, 4) is 0 Å². The first-order chi connectivity index (χ1) is 9.16. The maximum atomic E-state index is 12.1. The fourth-order valence-corrected chi connectivity index (χ4v) is 2.48. The number of fused-ring (bicyclic) bond motifs is 1. The number of carbonyl (C=O) groups excluding carboxylic acids is 1. The quantitative estimate of drug-likeness (QED) is 0.807. The van der Waals surface area contributed by atoms with Crippen LogP contribution in [0.2, 0.25) is 5.02 Å². The van der Waals surface area contributed by atoms with E-state index in [0.29, 0.717) is 10.7 Å². The number of halogens is 1. The van der Waals surface area contributed by atoms with Gasteiger partial charge >= 0.3 is 0 Å². The zero-order chi connectivity index (χ0) is 13.4. The Labute approximate surface area is 115 Å². The minimum absolute atomic E-state index is 0.175. The van der Waals surface area contributed by atoms with Crippen molar-refractivity contribution in [1.82, 2.24) is 0 Å². The summed E-state index contributed by atoms with van der Waals surface area (Å²) in [6, 6.07) is 14.5. The third kappa shape index (κ3) is 2.02. The number of nitrogens with one attached hydrogen (secondary N) is 2. The summed E-state index contributed by atoms with van der Waals surface area (Å²) in [5, 5.41) is 11.6. The molecule has 2 aromatic rings. The number of hydrogen-bond donors (Lipinski definition) is 2. The maximum absolute atomic E-state index is 12.1. The predicted molar refractivity (Wildman–Crippen MR) is 76.1 cm³/mol. The molecule has 1 heterocycles. The van der Waals surface area contributed by atoms with Gasteiger partial charge in [0.15, 0.2) is 0 Å². The van der Waals surface area contributed by atoms with E-state index in [-0.39, 0.29) is 5.91 Å². The van der Waals surface area contributed by atoms with Crippen molar-refractivity contribution >= 4 is 28.9 Å². The first kappa shape index (κ1) is 11.9. The highest BCUT2D eigenvalue weighted by Gasteiger charge is 2.34. The molecule has 0 aromatic heterocycles. The van der Waals surface area contributed by atoms with Crippen LogP contribution in [0.25, 0.3) is 0 Å². The van der Waals surface area contributed by atoms with Crippen molar-refractivity contribution in [3.63, 3.8) is 0 Å². The van der Waals surface area contributed by atoms with Gasteiger partial charge in [-0.25, -0.2) is 0 Å². The molecule has 1 amide bonds. The lowest BCUT2D eigenvalue weighted by atomic mass is 9.91. The monoisotopic (exact) mass is 270 g/mol. The predicted octanol–water partition coefficient (Wildman–Crippen LogP) is 3.44. The van der Waals surface area contributed by atoms with Gasteiger partial charge < -0.3 is 10.7 Å². The smallest absolute Gasteiger partial charge is 0.238 e. The number of carbonyl (C=O) groups is 1. The molecule has 94 valence electrons. The van der Waals surface area contributed by atoms with Gasteiger partial charge in [-0.05, 0) is 29.3 Å². The molecule has 0 bridgehead atoms. The Morgan fingerprint density at radius 2 is 1.89 bits per heavy atom. The van der Waals surface area contributed by atoms with E-state index in [1.807, 2.05) is 30.3 Å². The van der Waals surface area contributed by atoms with Gasteiger partial charge in [-0.2, -0.15) is 0 Å². The van der Waals surface area contributed by atoms with Crippen LogP contribution in [0.3, 0.4) is 0 Å². The summed E-state index contributed by atoms with van der Waals surface area (Å²) in [7, 11) is 0. The number of rotatable bonds is 2. The third-order valence-corrected chi connectivity index (χ3v) is 3.45. The highest BCUT2D eigenvalue weighted by atomic mass is 35.5. The van der Waals surface area contributed by atoms with E-state index in [1.54, 1.807) is 18.2 Å². The molecule has 0 saturated carbocycles. The standard InChI is InChI=1S/C15H11ClN2O/c16-10-6-7-12-11(8-10)13(15(19)18-12)14(17)9-4-2-1-3-5-9/h1-8,13,17H,(H,18,19). The van der Waals surface area contributed by atoms with Gasteiger partial charge in [-0.3, -0.25) is 4.79 Å². The van der Waals surface area contributed by atoms with Gasteiger partial charge in [0.2, 0.25) is 5.91 Å². The molecule has 2 aromatic carbocycles. The van der Waals surface area contributed by atoms with Crippen molar-refractivity contribution in [2.75, 3.05) is 5.32 Å². The Hall–Kier alpha value is -2.13. The minimum atomic E-state index is -0.587. The van der Waals surface area contributed by atoms with Crippen molar-refractivity contribution in [2.24, 2.45) is 0 Å². The third-order valence-electron chi connectivity index (χ3n) is 3.22. The van der Waals surface area contributed by atoms with Gasteiger partial charge in [-0.15, -0.1) is 0 Å². The largest absolute Gasteiger partial charge is 0.325 e. The second-order valence-electron chi connectivity index (χ2n) is 4.43. The van der Waals surface area contributed by atoms with Gasteiger partial charge in [0.1, 0.15) is 5.92 Å². The van der Waals surface area contributed by atoms with Crippen molar-refractivity contribution in [1.29, 1.82) is 5.41 Å². The molecule has 1 unspecified atom stereocenters. The fourth-order valence-electron chi connectivity index (χ4n) is 2.30. The highest BCUT2D eigenvalue weighted by Crippen LogP contribution is 2.36. The van der Waals surface area contributed by atoms with Gasteiger partial charge in [-0.1, -0.05) is 41.9 Å². The maximum Gasteiger partial charge on any atom is 0.238 e. The number of hydrogen-bond acceptors (Lipinski definition) is 2. The molecule has 0 aliphatic carbocycles. The van der Waals surface area contributed by atoms with E-state index in [0.717, 1.165) is 16.8 Å². The fraction of sp³-hybridized carbons (Fsp3) is 0.0667. The molecule has 3 nitrogen and oxygen atoms in total. The molecular weight excluding hydrogens is 260 g/mol. The minimum Gasteiger partial charge on any atom is -0.325 e. The lowest BCUT2D eigenvalue weighted by Gasteiger charge is -2.11. The second kappa shape index (κ2) is 4.52. The Bertz CT molecular complexity index is 667. The SMILES string of the molecule is N=C(c1ccccc1)C1C(=O)Nc2ccc(Cl)cc21. The van der Waals surface area contributed by atoms with Crippen LogP contribution in [-0.2, 0) is 4.79 Å². The van der Waals surface area contributed by atoms with Crippen molar-refractivity contribution in [3.05, 3.63) is 64.7 Å². The van der Waals surface area contributed by atoms with Crippen molar-refractivity contribution in [2.45, 2.75) is 5.92 Å². The normalized spacial score (nSPS) is 16.9. The molecule has 1 atom stereocenters. The molecule has 4 heteroatoms. The molecule has 2 N–H and O–H groups in total. The van der Waals surface area contributed by atoms with Crippen LogP contribution in [0, 0.1) is 5.41 Å². The van der Waals surface area contributed by atoms with E-state index in [4.69, 9.17) is 17.0 Å². The first-order valence-electron chi connectivity index (χ1n) is 5.91. The van der Waals surface area contributed by atoms with Crippen molar-refractivity contribution < 1.29 is 4.79 Å². The molecule has 19 heavy (non-hydrogen) atoms. The summed E-state index contributed by atoms with van der Waals surface area (Å²) in [5.41, 5.74) is 2.54. The summed E-state index contributed by atoms with van der Waals surface area (Å²) in [5.74, 6) is -0.762. The van der Waals surface area contributed by atoms with E-state index in [1.165, 1.54) is 0 Å². The molecule has 1 aliphatic rings. The van der Waals surface area contributed by atoms with Gasteiger partial charge in [0.25, 0.3) is 0 Å². The topological polar surface area (TPSA) is 53.0 Å². The van der Waals surface area contributed by atoms with Crippen LogP contribution in [0.15, 0.2) is 48.5 Å². The van der Waals surface area contributed by atoms with E-state index >= 15 is 0 Å². The van der Waals surface area contributed by atoms with E-state index in [2.05, 4.69) is 5.32 Å². The number of anilines is 1. The highest BCUT2D eigenvalue weighted by molar-refractivity contribution is 6.31. The van der Waals surface area contributed by atoms with E-state index < -0.39 is 5.92 Å². The summed E-state index contributed by atoms with van der Waals surface area (Å²) in [4.78, 5) is 12.1. The Kier molecular flexibility index (Phi) is 2.84. The van der Waals surface area contributed by atoms with Crippen LogP contribution in [0.5, 0.6) is 0 Å². The first-order valence-corrected chi connectivity index (χ1v) is 6.29. The summed E-state index contributed by atoms with van der Waals surface area (Å²) in [6.07, 6.45) is 0. The molecule has 3 rings (SSSR count). The number of benzene rings is 2. The zero-order valence-corrected chi connectivity index (χ0v) is 10.7. The van der Waals surface area contributed by atoms with Crippen LogP contribution < -0.4 is 5.32 Å². The zero-order valence-electron chi connectivity index (χ0n) is 9.98. The van der Waals surface area contributed by atoms with Crippen LogP contribution >= 0.6 is 11.6 Å². The van der Waals surface area contributed by atoms with Crippen LogP contribution in [0.1, 0.15) is 17.0 Å². The molecule has 0 radical (unpaired) electrons. The van der Waals surface area contributed by atoms with Crippen LogP contribution in [-0.4, -0.2) is 11.6 Å². The van der Waals surface area contributed by atoms with Gasteiger partial charge in [0.05, 0.1) is 5.71 Å². The van der Waals surface area contributed by atoms with Gasteiger partial charge in [0, 0.05) is 10.7 Å². The summed E-state index contributed by atoms with van der Waals surface area (Å²) in [6.45, 7) is 0. The summed E-state index contributed by atoms with van der Waals surface area (Å²) < 4.78 is 0. The average molecular weight is 271 g/mol. The molecule has 1 aliphatic heterocycles. The second-order valence-corrected chi connectivity index (χ2v) is 4.87. The Balaban J connectivity index is 2.05. The van der Waals surface area contributed by atoms with Crippen LogP contribution in [0.4, 0.5) is 5.69 Å². The average Bonchev–Trinajstić information content (AvgIpc) is 2.74. The molecule has 0 fully saturated rings.